The first-order valence-corrected chi connectivity index (χ1v) is 17.0. The van der Waals surface area contributed by atoms with Gasteiger partial charge in [-0.05, 0) is 28.2 Å². The van der Waals surface area contributed by atoms with Gasteiger partial charge >= 0.3 is 41.3 Å². The van der Waals surface area contributed by atoms with Gasteiger partial charge < -0.3 is 35.0 Å². The number of aliphatic hydroxyl groups is 2. The van der Waals surface area contributed by atoms with E-state index in [2.05, 4.69) is 76.5 Å². The van der Waals surface area contributed by atoms with Gasteiger partial charge in [0.1, 0.15) is 0 Å². The summed E-state index contributed by atoms with van der Waals surface area (Å²) in [7, 11) is -2.55. The van der Waals surface area contributed by atoms with Crippen LogP contribution < -0.4 is 24.8 Å². The Hall–Kier alpha value is 0.647. The first-order valence-electron chi connectivity index (χ1n) is 9.35. The molecule has 0 spiro atoms. The van der Waals surface area contributed by atoms with Gasteiger partial charge in [-0.15, -0.1) is 12.8 Å². The fourth-order valence-corrected chi connectivity index (χ4v) is 6.57. The van der Waals surface area contributed by atoms with Crippen LogP contribution in [-0.4, -0.2) is 42.8 Å². The van der Waals surface area contributed by atoms with Crippen molar-refractivity contribution in [3.05, 3.63) is 46.8 Å². The van der Waals surface area contributed by atoms with E-state index in [0.717, 1.165) is 24.9 Å². The summed E-state index contributed by atoms with van der Waals surface area (Å²) < 4.78 is 1.51. The Bertz CT molecular complexity index is 521. The number of aliphatic hydroxyl groups excluding tert-OH is 2. The standard InChI is InChI=1S/2C9H15OSi.C3H6.2ClH.Zr/c2*1-11(2,8-7-10)9-5-3-4-6-9;1-3-2;;;/h2*5-6,10H,3,7-8H2,1-2H3;1-2H3;2*1H;/q2*-1;;;;+2/p-2. The Kier molecular flexibility index (Phi) is 20.6. The third-order valence-corrected chi connectivity index (χ3v) is 11.2. The van der Waals surface area contributed by atoms with Gasteiger partial charge in [0.25, 0.3) is 0 Å². The van der Waals surface area contributed by atoms with Crippen LogP contribution in [0.4, 0.5) is 0 Å². The maximum Gasteiger partial charge on any atom is 0.0397 e. The smallest absolute Gasteiger partial charge is 0.0397 e. The quantitative estimate of drug-likeness (QED) is 0.322. The van der Waals surface area contributed by atoms with Crippen molar-refractivity contribution in [2.75, 3.05) is 13.2 Å². The Labute approximate surface area is 202 Å². The Morgan fingerprint density at radius 2 is 1.14 bits per heavy atom. The second-order valence-electron chi connectivity index (χ2n) is 8.14. The van der Waals surface area contributed by atoms with E-state index in [-0.39, 0.29) is 24.8 Å². The van der Waals surface area contributed by atoms with Crippen LogP contribution in [0, 0.1) is 12.2 Å². The van der Waals surface area contributed by atoms with E-state index in [0.29, 0.717) is 13.2 Å². The molecule has 0 heterocycles. The molecule has 0 saturated carbocycles. The van der Waals surface area contributed by atoms with E-state index in [4.69, 9.17) is 10.2 Å². The Morgan fingerprint density at radius 1 is 0.857 bits per heavy atom. The van der Waals surface area contributed by atoms with Gasteiger partial charge in [0, 0.05) is 13.2 Å². The molecule has 0 fully saturated rings. The summed E-state index contributed by atoms with van der Waals surface area (Å²) in [6.45, 7) is 14.1. The van der Waals surface area contributed by atoms with E-state index in [1.165, 1.54) is 13.6 Å². The summed E-state index contributed by atoms with van der Waals surface area (Å²) in [6.07, 6.45) is 17.0. The van der Waals surface area contributed by atoms with Crippen LogP contribution >= 0.6 is 0 Å². The third-order valence-electron chi connectivity index (χ3n) is 4.43. The molecule has 0 aliphatic heterocycles. The zero-order valence-electron chi connectivity index (χ0n) is 18.2. The van der Waals surface area contributed by atoms with Gasteiger partial charge in [0.2, 0.25) is 0 Å². The molecule has 0 saturated heterocycles. The first-order chi connectivity index (χ1) is 12.1. The van der Waals surface area contributed by atoms with Crippen LogP contribution in [0.1, 0.15) is 26.7 Å². The zero-order valence-corrected chi connectivity index (χ0v) is 24.2. The molecule has 2 rings (SSSR count). The molecule has 0 radical (unpaired) electrons. The second-order valence-corrected chi connectivity index (χ2v) is 20.3. The number of rotatable bonds is 6. The molecule has 160 valence electrons. The minimum absolute atomic E-state index is 0. The molecule has 0 aromatic heterocycles. The van der Waals surface area contributed by atoms with Crippen LogP contribution in [0.25, 0.3) is 0 Å². The largest absolute Gasteiger partial charge is 1.00 e. The molecule has 0 bridgehead atoms. The first kappa shape index (κ1) is 33.3. The summed E-state index contributed by atoms with van der Waals surface area (Å²) in [4.78, 5) is 0. The predicted molar refractivity (Wildman–Crippen MR) is 116 cm³/mol. The average molecular weight is 539 g/mol. The summed E-state index contributed by atoms with van der Waals surface area (Å²) in [6, 6.07) is 1.94. The Balaban J connectivity index is -0.000000355. The van der Waals surface area contributed by atoms with Gasteiger partial charge in [-0.2, -0.15) is 12.2 Å². The fraction of sp³-hybridized carbons (Fsp3) is 0.571. The SMILES string of the molecule is C[C](C)=[Zr+2].C[Si](C)(CCO)C1=CC[C-]=C1.C[Si](C)(CCO)C1=CC[C-]=C1.[Cl-].[Cl-]. The molecule has 7 heteroatoms. The summed E-state index contributed by atoms with van der Waals surface area (Å²) in [5.41, 5.74) is 0. The van der Waals surface area contributed by atoms with Crippen LogP contribution in [0.3, 0.4) is 0 Å². The van der Waals surface area contributed by atoms with Crippen molar-refractivity contribution in [1.29, 1.82) is 0 Å². The van der Waals surface area contributed by atoms with E-state index < -0.39 is 16.1 Å². The van der Waals surface area contributed by atoms with E-state index in [1.807, 2.05) is 0 Å². The van der Waals surface area contributed by atoms with E-state index >= 15 is 0 Å². The second kappa shape index (κ2) is 17.3. The molecule has 2 nitrogen and oxygen atoms in total. The van der Waals surface area contributed by atoms with E-state index in [1.54, 1.807) is 24.2 Å². The minimum atomic E-state index is -1.28. The Morgan fingerprint density at radius 3 is 1.32 bits per heavy atom. The fourth-order valence-electron chi connectivity index (χ4n) is 2.58. The molecule has 28 heavy (non-hydrogen) atoms. The maximum atomic E-state index is 8.84. The number of hydrogen-bond donors (Lipinski definition) is 2. The van der Waals surface area contributed by atoms with Crippen LogP contribution in [0.2, 0.25) is 38.3 Å². The van der Waals surface area contributed by atoms with E-state index in [9.17, 15) is 0 Å². The molecule has 2 aliphatic carbocycles. The molecule has 0 aromatic rings. The molecular weight excluding hydrogens is 503 g/mol. The van der Waals surface area contributed by atoms with Crippen molar-refractivity contribution in [2.45, 2.75) is 65.0 Å². The normalized spacial score (nSPS) is 14.5. The van der Waals surface area contributed by atoms with Crippen molar-refractivity contribution in [3.8, 4) is 0 Å². The molecule has 2 N–H and O–H groups in total. The van der Waals surface area contributed by atoms with Gasteiger partial charge in [0.05, 0.1) is 0 Å². The van der Waals surface area contributed by atoms with Crippen molar-refractivity contribution in [3.63, 3.8) is 0 Å². The molecule has 0 atom stereocenters. The summed E-state index contributed by atoms with van der Waals surface area (Å²) in [5.74, 6) is 0. The molecular formula is C21H36Cl2O2Si2Zr-2. The van der Waals surface area contributed by atoms with Crippen LogP contribution in [-0.2, 0) is 24.2 Å². The van der Waals surface area contributed by atoms with Crippen LogP contribution in [0.15, 0.2) is 34.7 Å². The maximum absolute atomic E-state index is 8.84. The van der Waals surface area contributed by atoms with Crippen molar-refractivity contribution >= 4 is 19.4 Å². The van der Waals surface area contributed by atoms with Gasteiger partial charge in [-0.1, -0.05) is 26.2 Å². The topological polar surface area (TPSA) is 40.5 Å². The van der Waals surface area contributed by atoms with Crippen molar-refractivity contribution < 1.29 is 59.3 Å². The van der Waals surface area contributed by atoms with Gasteiger partial charge in [-0.3, -0.25) is 12.2 Å². The third kappa shape index (κ3) is 14.6. The number of allylic oxidation sites excluding steroid dienone is 8. The van der Waals surface area contributed by atoms with Gasteiger partial charge in [-0.25, -0.2) is 22.5 Å². The van der Waals surface area contributed by atoms with Gasteiger partial charge in [0.15, 0.2) is 0 Å². The predicted octanol–water partition coefficient (Wildman–Crippen LogP) is -1.42. The average Bonchev–Trinajstić information content (AvgIpc) is 3.22. The van der Waals surface area contributed by atoms with Crippen molar-refractivity contribution in [1.82, 2.24) is 0 Å². The number of halogens is 2. The molecule has 2 aliphatic rings. The molecule has 0 amide bonds. The zero-order chi connectivity index (χ0) is 20.2. The molecule has 0 unspecified atom stereocenters. The monoisotopic (exact) mass is 536 g/mol. The summed E-state index contributed by atoms with van der Waals surface area (Å²) in [5, 5.41) is 20.6. The van der Waals surface area contributed by atoms with Crippen LogP contribution in [0.5, 0.6) is 0 Å². The molecule has 0 aromatic carbocycles. The van der Waals surface area contributed by atoms with Crippen molar-refractivity contribution in [2.24, 2.45) is 0 Å². The minimum Gasteiger partial charge on any atom is -1.00 e. The summed E-state index contributed by atoms with van der Waals surface area (Å²) >= 11 is 1.55. The number of hydrogen-bond acceptors (Lipinski definition) is 2.